The molecule has 0 aromatic carbocycles. The van der Waals surface area contributed by atoms with E-state index < -0.39 is 0 Å². The van der Waals surface area contributed by atoms with Crippen LogP contribution in [0.25, 0.3) is 0 Å². The standard InChI is InChI=1S/C11H22N2O/c1-4-11(5-2,6-3)13-9-7-8-12-10(13)14/h4-9H2,1-3H3,(H,12,14). The first-order valence-corrected chi connectivity index (χ1v) is 5.75. The average Bonchev–Trinajstić information content (AvgIpc) is 2.24. The van der Waals surface area contributed by atoms with Crippen LogP contribution < -0.4 is 5.32 Å². The third-order valence-corrected chi connectivity index (χ3v) is 3.63. The first-order chi connectivity index (χ1) is 6.70. The van der Waals surface area contributed by atoms with Crippen molar-refractivity contribution < 1.29 is 4.79 Å². The number of nitrogens with one attached hydrogen (secondary N) is 1. The summed E-state index contributed by atoms with van der Waals surface area (Å²) in [5.41, 5.74) is 0.0878. The summed E-state index contributed by atoms with van der Waals surface area (Å²) in [5.74, 6) is 0. The fourth-order valence-electron chi connectivity index (χ4n) is 2.40. The van der Waals surface area contributed by atoms with Crippen molar-refractivity contribution in [3.63, 3.8) is 0 Å². The molecule has 3 nitrogen and oxygen atoms in total. The van der Waals surface area contributed by atoms with Crippen LogP contribution in [0.15, 0.2) is 0 Å². The molecule has 1 aliphatic heterocycles. The van der Waals surface area contributed by atoms with Crippen LogP contribution in [-0.4, -0.2) is 29.6 Å². The highest BCUT2D eigenvalue weighted by molar-refractivity contribution is 5.75. The Labute approximate surface area is 86.9 Å². The molecule has 3 heteroatoms. The summed E-state index contributed by atoms with van der Waals surface area (Å²) in [6.07, 6.45) is 4.22. The predicted octanol–water partition coefficient (Wildman–Crippen LogP) is 2.37. The van der Waals surface area contributed by atoms with Gasteiger partial charge in [-0.05, 0) is 25.7 Å². The fourth-order valence-corrected chi connectivity index (χ4v) is 2.40. The van der Waals surface area contributed by atoms with E-state index in [0.717, 1.165) is 38.8 Å². The van der Waals surface area contributed by atoms with Crippen molar-refractivity contribution in [3.05, 3.63) is 0 Å². The number of amides is 2. The minimum atomic E-state index is 0.0878. The van der Waals surface area contributed by atoms with E-state index in [-0.39, 0.29) is 11.6 Å². The highest BCUT2D eigenvalue weighted by atomic mass is 16.2. The minimum absolute atomic E-state index is 0.0878. The molecule has 0 radical (unpaired) electrons. The lowest BCUT2D eigenvalue weighted by atomic mass is 9.87. The van der Waals surface area contributed by atoms with Gasteiger partial charge in [-0.3, -0.25) is 0 Å². The second-order valence-corrected chi connectivity index (χ2v) is 4.02. The van der Waals surface area contributed by atoms with Crippen molar-refractivity contribution in [1.82, 2.24) is 10.2 Å². The Kier molecular flexibility index (Phi) is 3.78. The molecule has 0 unspecified atom stereocenters. The van der Waals surface area contributed by atoms with Gasteiger partial charge in [0.25, 0.3) is 0 Å². The zero-order valence-electron chi connectivity index (χ0n) is 9.60. The van der Waals surface area contributed by atoms with Crippen LogP contribution in [0.2, 0.25) is 0 Å². The smallest absolute Gasteiger partial charge is 0.317 e. The Morgan fingerprint density at radius 2 is 1.86 bits per heavy atom. The third kappa shape index (κ3) is 1.86. The molecule has 1 fully saturated rings. The van der Waals surface area contributed by atoms with Crippen LogP contribution in [0.3, 0.4) is 0 Å². The molecular formula is C11H22N2O. The maximum Gasteiger partial charge on any atom is 0.317 e. The van der Waals surface area contributed by atoms with Gasteiger partial charge in [0.1, 0.15) is 0 Å². The van der Waals surface area contributed by atoms with Gasteiger partial charge in [0, 0.05) is 18.6 Å². The molecule has 1 rings (SSSR count). The number of carbonyl (C=O) groups is 1. The summed E-state index contributed by atoms with van der Waals surface area (Å²) in [6, 6.07) is 0.127. The van der Waals surface area contributed by atoms with Crippen molar-refractivity contribution in [2.24, 2.45) is 0 Å². The van der Waals surface area contributed by atoms with Crippen LogP contribution in [0.1, 0.15) is 46.5 Å². The topological polar surface area (TPSA) is 32.3 Å². The SMILES string of the molecule is CCC(CC)(CC)N1CCCNC1=O. The molecule has 0 aromatic heterocycles. The van der Waals surface area contributed by atoms with Crippen molar-refractivity contribution in [1.29, 1.82) is 0 Å². The molecule has 1 heterocycles. The maximum absolute atomic E-state index is 11.7. The largest absolute Gasteiger partial charge is 0.338 e. The zero-order valence-corrected chi connectivity index (χ0v) is 9.60. The van der Waals surface area contributed by atoms with Crippen LogP contribution in [-0.2, 0) is 0 Å². The van der Waals surface area contributed by atoms with Crippen molar-refractivity contribution in [2.75, 3.05) is 13.1 Å². The second kappa shape index (κ2) is 4.67. The van der Waals surface area contributed by atoms with E-state index in [1.165, 1.54) is 0 Å². The Bertz CT molecular complexity index is 191. The Morgan fingerprint density at radius 3 is 2.29 bits per heavy atom. The normalized spacial score (nSPS) is 18.2. The van der Waals surface area contributed by atoms with E-state index in [4.69, 9.17) is 0 Å². The first kappa shape index (κ1) is 11.3. The van der Waals surface area contributed by atoms with Gasteiger partial charge in [0.2, 0.25) is 0 Å². The molecule has 0 atom stereocenters. The minimum Gasteiger partial charge on any atom is -0.338 e. The Morgan fingerprint density at radius 1 is 1.29 bits per heavy atom. The number of carbonyl (C=O) groups excluding carboxylic acids is 1. The molecule has 1 aliphatic rings. The van der Waals surface area contributed by atoms with Crippen LogP contribution in [0.5, 0.6) is 0 Å². The lowest BCUT2D eigenvalue weighted by Crippen LogP contribution is -2.57. The molecule has 14 heavy (non-hydrogen) atoms. The summed E-state index contributed by atoms with van der Waals surface area (Å²) >= 11 is 0. The van der Waals surface area contributed by atoms with Gasteiger partial charge >= 0.3 is 6.03 Å². The summed E-state index contributed by atoms with van der Waals surface area (Å²) < 4.78 is 0. The van der Waals surface area contributed by atoms with E-state index in [2.05, 4.69) is 26.1 Å². The molecule has 0 saturated carbocycles. The van der Waals surface area contributed by atoms with Gasteiger partial charge in [0.15, 0.2) is 0 Å². The molecule has 0 bridgehead atoms. The highest BCUT2D eigenvalue weighted by Gasteiger charge is 2.35. The predicted molar refractivity (Wildman–Crippen MR) is 58.3 cm³/mol. The molecule has 82 valence electrons. The zero-order chi connectivity index (χ0) is 10.6. The number of urea groups is 1. The lowest BCUT2D eigenvalue weighted by Gasteiger charge is -2.44. The van der Waals surface area contributed by atoms with Gasteiger partial charge in [-0.15, -0.1) is 0 Å². The van der Waals surface area contributed by atoms with E-state index >= 15 is 0 Å². The Balaban J connectivity index is 2.79. The van der Waals surface area contributed by atoms with E-state index in [9.17, 15) is 4.79 Å². The summed E-state index contributed by atoms with van der Waals surface area (Å²) in [6.45, 7) is 8.28. The molecule has 0 aromatic rings. The van der Waals surface area contributed by atoms with E-state index in [1.807, 2.05) is 4.90 Å². The third-order valence-electron chi connectivity index (χ3n) is 3.63. The number of hydrogen-bond acceptors (Lipinski definition) is 1. The van der Waals surface area contributed by atoms with Gasteiger partial charge in [-0.1, -0.05) is 20.8 Å². The van der Waals surface area contributed by atoms with Gasteiger partial charge in [0.05, 0.1) is 0 Å². The van der Waals surface area contributed by atoms with Crippen LogP contribution in [0, 0.1) is 0 Å². The number of rotatable bonds is 4. The number of hydrogen-bond donors (Lipinski definition) is 1. The second-order valence-electron chi connectivity index (χ2n) is 4.02. The average molecular weight is 198 g/mol. The fraction of sp³-hybridized carbons (Fsp3) is 0.909. The van der Waals surface area contributed by atoms with Crippen LogP contribution >= 0.6 is 0 Å². The van der Waals surface area contributed by atoms with E-state index in [0.29, 0.717) is 0 Å². The van der Waals surface area contributed by atoms with Crippen LogP contribution in [0.4, 0.5) is 4.79 Å². The first-order valence-electron chi connectivity index (χ1n) is 5.75. The summed E-state index contributed by atoms with van der Waals surface area (Å²) in [4.78, 5) is 13.8. The molecule has 1 saturated heterocycles. The van der Waals surface area contributed by atoms with Crippen molar-refractivity contribution in [3.8, 4) is 0 Å². The van der Waals surface area contributed by atoms with E-state index in [1.54, 1.807) is 0 Å². The molecular weight excluding hydrogens is 176 g/mol. The van der Waals surface area contributed by atoms with Crippen molar-refractivity contribution >= 4 is 6.03 Å². The molecule has 2 amide bonds. The lowest BCUT2D eigenvalue weighted by molar-refractivity contribution is 0.0878. The molecule has 0 spiro atoms. The quantitative estimate of drug-likeness (QED) is 0.739. The van der Waals surface area contributed by atoms with Gasteiger partial charge in [-0.2, -0.15) is 0 Å². The molecule has 0 aliphatic carbocycles. The summed E-state index contributed by atoms with van der Waals surface area (Å²) in [5, 5.41) is 2.93. The summed E-state index contributed by atoms with van der Waals surface area (Å²) in [7, 11) is 0. The molecule has 1 N–H and O–H groups in total. The van der Waals surface area contributed by atoms with Gasteiger partial charge in [-0.25, -0.2) is 4.79 Å². The number of nitrogens with zero attached hydrogens (tertiary/aromatic N) is 1. The van der Waals surface area contributed by atoms with Gasteiger partial charge < -0.3 is 10.2 Å². The Hall–Kier alpha value is -0.730. The maximum atomic E-state index is 11.7. The highest BCUT2D eigenvalue weighted by Crippen LogP contribution is 2.28. The van der Waals surface area contributed by atoms with Crippen molar-refractivity contribution in [2.45, 2.75) is 52.0 Å². The monoisotopic (exact) mass is 198 g/mol.